The quantitative estimate of drug-likeness (QED) is 0.814. The van der Waals surface area contributed by atoms with Crippen molar-refractivity contribution in [3.8, 4) is 0 Å². The Hall–Kier alpha value is -1.43. The van der Waals surface area contributed by atoms with E-state index in [-0.39, 0.29) is 13.1 Å². The Morgan fingerprint density at radius 1 is 1.33 bits per heavy atom. The predicted octanol–water partition coefficient (Wildman–Crippen LogP) is 0.738. The van der Waals surface area contributed by atoms with Crippen LogP contribution in [0.25, 0.3) is 0 Å². The van der Waals surface area contributed by atoms with E-state index >= 15 is 0 Å². The summed E-state index contributed by atoms with van der Waals surface area (Å²) in [6, 6.07) is 8.59. The van der Waals surface area contributed by atoms with Crippen molar-refractivity contribution >= 4 is 15.7 Å². The lowest BCUT2D eigenvalue weighted by atomic mass is 9.88. The maximum Gasteiger partial charge on any atom is 0.237 e. The van der Waals surface area contributed by atoms with E-state index in [0.717, 1.165) is 6.26 Å². The van der Waals surface area contributed by atoms with Crippen LogP contribution in [-0.2, 0) is 20.3 Å². The van der Waals surface area contributed by atoms with Crippen molar-refractivity contribution in [1.29, 1.82) is 0 Å². The van der Waals surface area contributed by atoms with Crippen LogP contribution in [0.1, 0.15) is 5.56 Å². The molecule has 1 aliphatic heterocycles. The number of carbonyl (C=O) groups excluding carboxylic acids is 1. The van der Waals surface area contributed by atoms with Crippen molar-refractivity contribution in [1.82, 2.24) is 4.90 Å². The monoisotopic (exact) mass is 271 g/mol. The SMILES string of the molecule is CS(=O)(=O)CC(=O)N1CC(F)(c2ccccc2)C1. The van der Waals surface area contributed by atoms with E-state index in [1.807, 2.05) is 0 Å². The standard InChI is InChI=1S/C12H14FNO3S/c1-18(16,17)7-11(15)14-8-12(13,9-14)10-5-3-2-4-6-10/h2-6H,7-9H2,1H3. The Kier molecular flexibility index (Phi) is 3.14. The van der Waals surface area contributed by atoms with Gasteiger partial charge in [0.25, 0.3) is 0 Å². The number of likely N-dealkylation sites (tertiary alicyclic amines) is 1. The molecule has 0 N–H and O–H groups in total. The third kappa shape index (κ3) is 2.69. The van der Waals surface area contributed by atoms with Gasteiger partial charge in [-0.1, -0.05) is 30.3 Å². The fourth-order valence-electron chi connectivity index (χ4n) is 1.97. The molecule has 18 heavy (non-hydrogen) atoms. The molecule has 1 fully saturated rings. The first-order valence-corrected chi connectivity index (χ1v) is 7.56. The van der Waals surface area contributed by atoms with Crippen LogP contribution in [0.5, 0.6) is 0 Å². The van der Waals surface area contributed by atoms with E-state index in [1.165, 1.54) is 4.90 Å². The van der Waals surface area contributed by atoms with Gasteiger partial charge < -0.3 is 4.90 Å². The van der Waals surface area contributed by atoms with Gasteiger partial charge in [0.15, 0.2) is 15.5 Å². The van der Waals surface area contributed by atoms with Crippen LogP contribution in [0.15, 0.2) is 30.3 Å². The van der Waals surface area contributed by atoms with Crippen molar-refractivity contribution in [3.05, 3.63) is 35.9 Å². The maximum absolute atomic E-state index is 14.3. The summed E-state index contributed by atoms with van der Waals surface area (Å²) in [7, 11) is -3.36. The second-order valence-corrected chi connectivity index (χ2v) is 6.79. The summed E-state index contributed by atoms with van der Waals surface area (Å²) in [5.74, 6) is -1.10. The van der Waals surface area contributed by atoms with Gasteiger partial charge in [-0.2, -0.15) is 0 Å². The summed E-state index contributed by atoms with van der Waals surface area (Å²) in [6.45, 7) is -0.156. The number of carbonyl (C=O) groups is 1. The second kappa shape index (κ2) is 4.35. The highest BCUT2D eigenvalue weighted by Gasteiger charge is 2.47. The topological polar surface area (TPSA) is 54.5 Å². The smallest absolute Gasteiger partial charge is 0.237 e. The van der Waals surface area contributed by atoms with E-state index in [4.69, 9.17) is 0 Å². The molecule has 0 radical (unpaired) electrons. The molecular weight excluding hydrogens is 257 g/mol. The van der Waals surface area contributed by atoms with E-state index in [2.05, 4.69) is 0 Å². The minimum Gasteiger partial charge on any atom is -0.335 e. The largest absolute Gasteiger partial charge is 0.335 e. The zero-order valence-electron chi connectivity index (χ0n) is 9.97. The summed E-state index contributed by atoms with van der Waals surface area (Å²) in [6.07, 6.45) is 0.991. The third-order valence-corrected chi connectivity index (χ3v) is 3.68. The van der Waals surface area contributed by atoms with Crippen molar-refractivity contribution in [2.45, 2.75) is 5.67 Å². The van der Waals surface area contributed by atoms with Gasteiger partial charge in [-0.05, 0) is 5.56 Å². The lowest BCUT2D eigenvalue weighted by Crippen LogP contribution is -2.59. The fourth-order valence-corrected chi connectivity index (χ4v) is 2.60. The van der Waals surface area contributed by atoms with Crippen LogP contribution in [0.4, 0.5) is 4.39 Å². The number of halogens is 1. The van der Waals surface area contributed by atoms with Crippen LogP contribution in [0, 0.1) is 0 Å². The van der Waals surface area contributed by atoms with Gasteiger partial charge in [0.05, 0.1) is 13.1 Å². The summed E-state index contributed by atoms with van der Waals surface area (Å²) in [4.78, 5) is 12.8. The molecule has 98 valence electrons. The molecule has 1 amide bonds. The molecule has 0 unspecified atom stereocenters. The van der Waals surface area contributed by atoms with Crippen molar-refractivity contribution in [3.63, 3.8) is 0 Å². The molecule has 1 saturated heterocycles. The molecule has 2 rings (SSSR count). The molecule has 1 heterocycles. The van der Waals surface area contributed by atoms with E-state index in [9.17, 15) is 17.6 Å². The lowest BCUT2D eigenvalue weighted by molar-refractivity contribution is -0.143. The molecule has 0 aliphatic carbocycles. The van der Waals surface area contributed by atoms with Crippen LogP contribution in [-0.4, -0.2) is 44.3 Å². The normalized spacial score (nSPS) is 18.2. The lowest BCUT2D eigenvalue weighted by Gasteiger charge is -2.44. The first-order chi connectivity index (χ1) is 8.30. The number of amides is 1. The number of alkyl halides is 1. The number of rotatable bonds is 3. The van der Waals surface area contributed by atoms with Gasteiger partial charge in [-0.15, -0.1) is 0 Å². The number of nitrogens with zero attached hydrogens (tertiary/aromatic N) is 1. The first-order valence-electron chi connectivity index (χ1n) is 5.50. The molecule has 0 saturated carbocycles. The Balaban J connectivity index is 2.00. The van der Waals surface area contributed by atoms with Gasteiger partial charge in [0.1, 0.15) is 5.75 Å². The predicted molar refractivity (Wildman–Crippen MR) is 65.5 cm³/mol. The fraction of sp³-hybridized carbons (Fsp3) is 0.417. The highest BCUT2D eigenvalue weighted by atomic mass is 32.2. The summed E-state index contributed by atoms with van der Waals surface area (Å²) < 4.78 is 36.3. The summed E-state index contributed by atoms with van der Waals surface area (Å²) >= 11 is 0. The number of hydrogen-bond acceptors (Lipinski definition) is 3. The van der Waals surface area contributed by atoms with Gasteiger partial charge in [-0.3, -0.25) is 4.79 Å². The van der Waals surface area contributed by atoms with E-state index in [1.54, 1.807) is 30.3 Å². The molecule has 0 spiro atoms. The minimum atomic E-state index is -3.36. The van der Waals surface area contributed by atoms with Gasteiger partial charge in [0.2, 0.25) is 5.91 Å². The minimum absolute atomic E-state index is 0.0780. The molecule has 1 aromatic carbocycles. The Bertz CT molecular complexity index is 550. The van der Waals surface area contributed by atoms with Crippen LogP contribution in [0.3, 0.4) is 0 Å². The highest BCUT2D eigenvalue weighted by Crippen LogP contribution is 2.35. The Morgan fingerprint density at radius 3 is 2.39 bits per heavy atom. The van der Waals surface area contributed by atoms with Crippen molar-refractivity contribution in [2.24, 2.45) is 0 Å². The third-order valence-electron chi connectivity index (χ3n) is 2.91. The molecule has 1 aromatic rings. The molecule has 0 atom stereocenters. The zero-order valence-corrected chi connectivity index (χ0v) is 10.8. The molecule has 0 aromatic heterocycles. The average Bonchev–Trinajstić information content (AvgIpc) is 2.23. The number of hydrogen-bond donors (Lipinski definition) is 0. The number of sulfone groups is 1. The number of benzene rings is 1. The van der Waals surface area contributed by atoms with E-state index in [0.29, 0.717) is 5.56 Å². The molecule has 1 aliphatic rings. The first kappa shape index (κ1) is 13.0. The average molecular weight is 271 g/mol. The summed E-state index contributed by atoms with van der Waals surface area (Å²) in [5.41, 5.74) is -1.03. The summed E-state index contributed by atoms with van der Waals surface area (Å²) in [5, 5.41) is 0. The van der Waals surface area contributed by atoms with Gasteiger partial charge in [0, 0.05) is 6.26 Å². The Morgan fingerprint density at radius 2 is 1.89 bits per heavy atom. The maximum atomic E-state index is 14.3. The second-order valence-electron chi connectivity index (χ2n) is 4.65. The Labute approximate surface area is 105 Å². The zero-order chi connectivity index (χ0) is 13.4. The van der Waals surface area contributed by atoms with Gasteiger partial charge in [-0.25, -0.2) is 12.8 Å². The van der Waals surface area contributed by atoms with Crippen molar-refractivity contribution < 1.29 is 17.6 Å². The van der Waals surface area contributed by atoms with Gasteiger partial charge >= 0.3 is 0 Å². The van der Waals surface area contributed by atoms with Crippen molar-refractivity contribution in [2.75, 3.05) is 25.1 Å². The van der Waals surface area contributed by atoms with Crippen LogP contribution >= 0.6 is 0 Å². The molecule has 4 nitrogen and oxygen atoms in total. The molecular formula is C12H14FNO3S. The van der Waals surface area contributed by atoms with E-state index < -0.39 is 27.2 Å². The van der Waals surface area contributed by atoms with Crippen LogP contribution < -0.4 is 0 Å². The highest BCUT2D eigenvalue weighted by molar-refractivity contribution is 7.91. The molecule has 6 heteroatoms. The molecule has 0 bridgehead atoms. The van der Waals surface area contributed by atoms with Crippen LogP contribution in [0.2, 0.25) is 0 Å².